The van der Waals surface area contributed by atoms with E-state index >= 15 is 0 Å². The van der Waals surface area contributed by atoms with E-state index in [-0.39, 0.29) is 5.57 Å². The van der Waals surface area contributed by atoms with Crippen LogP contribution in [-0.4, -0.2) is 10.9 Å². The Morgan fingerprint density at radius 1 is 1.32 bits per heavy atom. The summed E-state index contributed by atoms with van der Waals surface area (Å²) in [5.41, 5.74) is 2.98. The lowest BCUT2D eigenvalue weighted by atomic mass is 9.97. The Kier molecular flexibility index (Phi) is 6.73. The molecule has 1 aromatic carbocycles. The Bertz CT molecular complexity index is 778. The number of para-hydroxylation sites is 1. The third-order valence-corrected chi connectivity index (χ3v) is 4.02. The molecule has 2 aromatic rings. The van der Waals surface area contributed by atoms with Crippen LogP contribution in [0.2, 0.25) is 0 Å². The fourth-order valence-corrected chi connectivity index (χ4v) is 2.36. The Morgan fingerprint density at radius 3 is 2.80 bits per heavy atom. The standard InChI is InChI=1S/C20H22N4O/c1-3-15(2)18-8-4-5-9-19(18)23-14-17(11-21)20(25)24-13-16-7-6-10-22-12-16/h4-10,12,14-15,23H,3,13H2,1-2H3,(H,24,25)/b17-14-. The number of carbonyl (C=O) groups excluding carboxylic acids is 1. The van der Waals surface area contributed by atoms with Crippen LogP contribution < -0.4 is 10.6 Å². The first-order valence-corrected chi connectivity index (χ1v) is 8.28. The van der Waals surface area contributed by atoms with E-state index in [1.54, 1.807) is 18.5 Å². The summed E-state index contributed by atoms with van der Waals surface area (Å²) >= 11 is 0. The predicted octanol–water partition coefficient (Wildman–Crippen LogP) is 3.73. The van der Waals surface area contributed by atoms with Gasteiger partial charge in [-0.1, -0.05) is 38.1 Å². The van der Waals surface area contributed by atoms with Crippen LogP contribution in [0, 0.1) is 11.3 Å². The second kappa shape index (κ2) is 9.24. The van der Waals surface area contributed by atoms with E-state index in [2.05, 4.69) is 35.5 Å². The first-order valence-electron chi connectivity index (χ1n) is 8.28. The molecule has 5 heteroatoms. The quantitative estimate of drug-likeness (QED) is 0.597. The van der Waals surface area contributed by atoms with E-state index < -0.39 is 5.91 Å². The lowest BCUT2D eigenvalue weighted by Gasteiger charge is -2.14. The Morgan fingerprint density at radius 2 is 2.12 bits per heavy atom. The van der Waals surface area contributed by atoms with Crippen molar-refractivity contribution in [2.75, 3.05) is 5.32 Å². The monoisotopic (exact) mass is 334 g/mol. The molecule has 0 aliphatic heterocycles. The van der Waals surface area contributed by atoms with Gasteiger partial charge >= 0.3 is 0 Å². The van der Waals surface area contributed by atoms with Gasteiger partial charge in [-0.15, -0.1) is 0 Å². The zero-order chi connectivity index (χ0) is 18.1. The lowest BCUT2D eigenvalue weighted by molar-refractivity contribution is -0.117. The van der Waals surface area contributed by atoms with E-state index in [1.165, 1.54) is 6.20 Å². The molecule has 1 aromatic heterocycles. The number of benzene rings is 1. The highest BCUT2D eigenvalue weighted by atomic mass is 16.1. The van der Waals surface area contributed by atoms with Gasteiger partial charge in [-0.05, 0) is 35.6 Å². The molecular weight excluding hydrogens is 312 g/mol. The molecule has 0 aliphatic rings. The molecule has 5 nitrogen and oxygen atoms in total. The van der Waals surface area contributed by atoms with Gasteiger partial charge in [0.25, 0.3) is 5.91 Å². The van der Waals surface area contributed by atoms with E-state index in [4.69, 9.17) is 0 Å². The molecule has 0 aliphatic carbocycles. The number of nitriles is 1. The summed E-state index contributed by atoms with van der Waals surface area (Å²) < 4.78 is 0. The zero-order valence-electron chi connectivity index (χ0n) is 14.5. The second-order valence-corrected chi connectivity index (χ2v) is 5.75. The van der Waals surface area contributed by atoms with Crippen LogP contribution in [0.3, 0.4) is 0 Å². The number of rotatable bonds is 7. The minimum absolute atomic E-state index is 0.0304. The van der Waals surface area contributed by atoms with Crippen LogP contribution in [0.5, 0.6) is 0 Å². The van der Waals surface area contributed by atoms with Crippen LogP contribution in [0.1, 0.15) is 37.3 Å². The van der Waals surface area contributed by atoms with Crippen molar-refractivity contribution in [3.63, 3.8) is 0 Å². The maximum atomic E-state index is 12.2. The van der Waals surface area contributed by atoms with Gasteiger partial charge < -0.3 is 10.6 Å². The number of nitrogens with one attached hydrogen (secondary N) is 2. The average molecular weight is 334 g/mol. The molecule has 128 valence electrons. The highest BCUT2D eigenvalue weighted by molar-refractivity contribution is 5.97. The predicted molar refractivity (Wildman–Crippen MR) is 98.6 cm³/mol. The minimum atomic E-state index is -0.417. The summed E-state index contributed by atoms with van der Waals surface area (Å²) in [7, 11) is 0. The molecule has 1 heterocycles. The van der Waals surface area contributed by atoms with Crippen molar-refractivity contribution in [1.29, 1.82) is 5.26 Å². The number of pyridine rings is 1. The number of anilines is 1. The largest absolute Gasteiger partial charge is 0.360 e. The van der Waals surface area contributed by atoms with Crippen molar-refractivity contribution in [2.45, 2.75) is 32.7 Å². The van der Waals surface area contributed by atoms with Crippen molar-refractivity contribution >= 4 is 11.6 Å². The van der Waals surface area contributed by atoms with Gasteiger partial charge in [0.1, 0.15) is 11.6 Å². The summed E-state index contributed by atoms with van der Waals surface area (Å²) in [5.74, 6) is -0.0260. The zero-order valence-corrected chi connectivity index (χ0v) is 14.5. The van der Waals surface area contributed by atoms with Gasteiger partial charge in [0.05, 0.1) is 0 Å². The molecule has 0 saturated heterocycles. The van der Waals surface area contributed by atoms with Crippen LogP contribution in [0.25, 0.3) is 0 Å². The topological polar surface area (TPSA) is 77.8 Å². The first-order chi connectivity index (χ1) is 12.2. The fourth-order valence-electron chi connectivity index (χ4n) is 2.36. The van der Waals surface area contributed by atoms with Gasteiger partial charge in [-0.3, -0.25) is 9.78 Å². The van der Waals surface area contributed by atoms with Crippen LogP contribution in [0.15, 0.2) is 60.6 Å². The summed E-state index contributed by atoms with van der Waals surface area (Å²) in [6, 6.07) is 13.5. The van der Waals surface area contributed by atoms with Gasteiger partial charge in [-0.2, -0.15) is 5.26 Å². The van der Waals surface area contributed by atoms with E-state index in [9.17, 15) is 10.1 Å². The Labute approximate surface area is 148 Å². The maximum Gasteiger partial charge on any atom is 0.263 e. The molecule has 0 saturated carbocycles. The lowest BCUT2D eigenvalue weighted by Crippen LogP contribution is -2.24. The Hall–Kier alpha value is -3.13. The van der Waals surface area contributed by atoms with Crippen molar-refractivity contribution in [1.82, 2.24) is 10.3 Å². The maximum absolute atomic E-state index is 12.2. The summed E-state index contributed by atoms with van der Waals surface area (Å²) in [5, 5.41) is 15.1. The van der Waals surface area contributed by atoms with Crippen LogP contribution in [0.4, 0.5) is 5.69 Å². The fraction of sp³-hybridized carbons (Fsp3) is 0.250. The molecule has 1 unspecified atom stereocenters. The highest BCUT2D eigenvalue weighted by Gasteiger charge is 2.11. The van der Waals surface area contributed by atoms with Crippen molar-refractivity contribution in [3.8, 4) is 6.07 Å². The van der Waals surface area contributed by atoms with Gasteiger partial charge in [0.15, 0.2) is 0 Å². The number of hydrogen-bond donors (Lipinski definition) is 2. The number of aromatic nitrogens is 1. The third-order valence-electron chi connectivity index (χ3n) is 4.02. The number of amides is 1. The van der Waals surface area contributed by atoms with Gasteiger partial charge in [0.2, 0.25) is 0 Å². The molecule has 0 bridgehead atoms. The molecule has 0 fully saturated rings. The molecule has 1 atom stereocenters. The first kappa shape index (κ1) is 18.2. The molecular formula is C20H22N4O. The second-order valence-electron chi connectivity index (χ2n) is 5.75. The molecule has 25 heavy (non-hydrogen) atoms. The average Bonchev–Trinajstić information content (AvgIpc) is 2.67. The molecule has 2 N–H and O–H groups in total. The van der Waals surface area contributed by atoms with E-state index in [0.717, 1.165) is 23.2 Å². The third kappa shape index (κ3) is 5.18. The minimum Gasteiger partial charge on any atom is -0.360 e. The van der Waals surface area contributed by atoms with Crippen LogP contribution in [-0.2, 0) is 11.3 Å². The van der Waals surface area contributed by atoms with E-state index in [0.29, 0.717) is 12.5 Å². The SMILES string of the molecule is CCC(C)c1ccccc1N/C=C(/C#N)C(=O)NCc1cccnc1. The number of nitrogens with zero attached hydrogens (tertiary/aromatic N) is 2. The van der Waals surface area contributed by atoms with E-state index in [1.807, 2.05) is 30.3 Å². The Balaban J connectivity index is 2.05. The number of hydrogen-bond acceptors (Lipinski definition) is 4. The van der Waals surface area contributed by atoms with Crippen molar-refractivity contribution < 1.29 is 4.79 Å². The van der Waals surface area contributed by atoms with Crippen molar-refractivity contribution in [2.24, 2.45) is 0 Å². The smallest absolute Gasteiger partial charge is 0.263 e. The molecule has 0 spiro atoms. The normalized spacial score (nSPS) is 12.1. The van der Waals surface area contributed by atoms with Gasteiger partial charge in [-0.25, -0.2) is 0 Å². The molecule has 2 rings (SSSR count). The highest BCUT2D eigenvalue weighted by Crippen LogP contribution is 2.26. The van der Waals surface area contributed by atoms with Gasteiger partial charge in [0, 0.05) is 30.8 Å². The van der Waals surface area contributed by atoms with Crippen molar-refractivity contribution in [3.05, 3.63) is 71.7 Å². The summed E-state index contributed by atoms with van der Waals surface area (Å²) in [6.07, 6.45) is 5.82. The molecule has 1 amide bonds. The van der Waals surface area contributed by atoms with Crippen LogP contribution >= 0.6 is 0 Å². The summed E-state index contributed by atoms with van der Waals surface area (Å²) in [4.78, 5) is 16.2. The number of carbonyl (C=O) groups is 1. The molecule has 0 radical (unpaired) electrons. The summed E-state index contributed by atoms with van der Waals surface area (Å²) in [6.45, 7) is 4.61.